The highest BCUT2D eigenvalue weighted by molar-refractivity contribution is 7.96. The molecular formula is C38H51F3N8O8S. The van der Waals surface area contributed by atoms with Crippen molar-refractivity contribution in [2.75, 3.05) is 13.1 Å². The molecule has 0 aromatic carbocycles. The molecule has 2 heterocycles. The van der Waals surface area contributed by atoms with Crippen LogP contribution in [0.3, 0.4) is 0 Å². The van der Waals surface area contributed by atoms with Crippen molar-refractivity contribution in [1.29, 1.82) is 0 Å². The molecule has 3 saturated carbocycles. The Morgan fingerprint density at radius 3 is 2.34 bits per heavy atom. The Hall–Kier alpha value is -4.75. The molecule has 7 atom stereocenters. The van der Waals surface area contributed by atoms with Crippen LogP contribution in [0.15, 0.2) is 31.2 Å². The molecule has 16 nitrogen and oxygen atoms in total. The predicted octanol–water partition coefficient (Wildman–Crippen LogP) is 2.26. The van der Waals surface area contributed by atoms with E-state index >= 15 is 0 Å². The maximum Gasteiger partial charge on any atom is 0.492 e. The monoisotopic (exact) mass is 836 g/mol. The van der Waals surface area contributed by atoms with Crippen molar-refractivity contribution in [2.24, 2.45) is 17.8 Å². The van der Waals surface area contributed by atoms with Crippen molar-refractivity contribution in [3.8, 4) is 0 Å². The number of nitrogens with zero attached hydrogens (tertiary/aromatic N) is 3. The highest BCUT2D eigenvalue weighted by Crippen LogP contribution is 2.43. The molecule has 20 heteroatoms. The van der Waals surface area contributed by atoms with Crippen LogP contribution in [0.25, 0.3) is 0 Å². The van der Waals surface area contributed by atoms with E-state index in [-0.39, 0.29) is 61.0 Å². The first-order valence-corrected chi connectivity index (χ1v) is 20.6. The zero-order chi connectivity index (χ0) is 42.0. The van der Waals surface area contributed by atoms with Gasteiger partial charge in [0, 0.05) is 31.5 Å². The Labute approximate surface area is 338 Å². The van der Waals surface area contributed by atoms with Gasteiger partial charge in [-0.3, -0.25) is 33.8 Å². The molecule has 3 aliphatic carbocycles. The zero-order valence-corrected chi connectivity index (χ0v) is 33.1. The van der Waals surface area contributed by atoms with E-state index in [0.717, 1.165) is 31.8 Å². The second-order valence-corrected chi connectivity index (χ2v) is 16.2. The van der Waals surface area contributed by atoms with E-state index in [9.17, 15) is 46.7 Å². The molecular weight excluding hydrogens is 786 g/mol. The third-order valence-corrected chi connectivity index (χ3v) is 12.1. The number of hydrogen-bond donors (Lipinski definition) is 5. The number of rotatable bonds is 18. The second-order valence-electron chi connectivity index (χ2n) is 15.3. The molecule has 1 aromatic rings. The van der Waals surface area contributed by atoms with Gasteiger partial charge in [-0.25, -0.2) is 9.78 Å². The molecule has 0 radical (unpaired) electrons. The summed E-state index contributed by atoms with van der Waals surface area (Å²) >= 11 is 0.0236. The molecule has 5 N–H and O–H groups in total. The van der Waals surface area contributed by atoms with E-state index in [4.69, 9.17) is 0 Å². The smallest absolute Gasteiger partial charge is 0.384 e. The maximum absolute atomic E-state index is 14.6. The van der Waals surface area contributed by atoms with Crippen LogP contribution in [0, 0.1) is 17.8 Å². The molecule has 2 unspecified atom stereocenters. The van der Waals surface area contributed by atoms with Gasteiger partial charge in [0.2, 0.25) is 29.5 Å². The maximum atomic E-state index is 14.6. The number of halogens is 3. The van der Waals surface area contributed by atoms with Gasteiger partial charge < -0.3 is 35.7 Å². The lowest BCUT2D eigenvalue weighted by Gasteiger charge is -2.34. The summed E-state index contributed by atoms with van der Waals surface area (Å²) < 4.78 is 43.7. The number of likely N-dealkylation sites (tertiary alicyclic amines) is 1. The number of carbonyl (C=O) groups excluding carboxylic acids is 7. The van der Waals surface area contributed by atoms with Gasteiger partial charge >= 0.3 is 12.1 Å². The molecule has 58 heavy (non-hydrogen) atoms. The summed E-state index contributed by atoms with van der Waals surface area (Å²) in [7, 11) is 0. The molecule has 4 fully saturated rings. The summed E-state index contributed by atoms with van der Waals surface area (Å²) in [5, 5.41) is 12.2. The van der Waals surface area contributed by atoms with Crippen molar-refractivity contribution < 1.29 is 50.9 Å². The van der Waals surface area contributed by atoms with Crippen molar-refractivity contribution in [2.45, 2.75) is 126 Å². The Bertz CT molecular complexity index is 1680. The molecule has 0 spiro atoms. The quantitative estimate of drug-likeness (QED) is 0.107. The summed E-state index contributed by atoms with van der Waals surface area (Å²) in [4.78, 5) is 103. The van der Waals surface area contributed by atoms with Crippen LogP contribution in [-0.2, 0) is 33.0 Å². The highest BCUT2D eigenvalue weighted by atomic mass is 32.2. The van der Waals surface area contributed by atoms with Crippen molar-refractivity contribution in [3.05, 3.63) is 36.9 Å². The summed E-state index contributed by atoms with van der Waals surface area (Å²) in [6, 6.07) is -4.87. The van der Waals surface area contributed by atoms with Crippen LogP contribution in [0.4, 0.5) is 13.2 Å². The van der Waals surface area contributed by atoms with Gasteiger partial charge in [-0.2, -0.15) is 13.2 Å². The number of fused-ring (bicyclic) bond motifs is 1. The Balaban J connectivity index is 1.39. The third kappa shape index (κ3) is 11.7. The van der Waals surface area contributed by atoms with E-state index in [1.165, 1.54) is 23.5 Å². The van der Waals surface area contributed by atoms with Gasteiger partial charge in [-0.15, -0.1) is 0 Å². The second kappa shape index (κ2) is 20.3. The minimum Gasteiger partial charge on any atom is -0.384 e. The summed E-state index contributed by atoms with van der Waals surface area (Å²) in [5.74, 6) is -7.17. The fourth-order valence-corrected chi connectivity index (χ4v) is 8.91. The van der Waals surface area contributed by atoms with Gasteiger partial charge in [0.15, 0.2) is 0 Å². The number of alkyl halides is 3. The molecule has 1 saturated heterocycles. The average molecular weight is 837 g/mol. The number of carbonyl (C=O) groups is 7. The third-order valence-electron chi connectivity index (χ3n) is 11.1. The Morgan fingerprint density at radius 1 is 0.966 bits per heavy atom. The van der Waals surface area contributed by atoms with Crippen molar-refractivity contribution in [1.82, 2.24) is 41.5 Å². The van der Waals surface area contributed by atoms with Crippen molar-refractivity contribution >= 4 is 53.5 Å². The first-order valence-electron chi connectivity index (χ1n) is 19.8. The van der Waals surface area contributed by atoms with Crippen LogP contribution in [0.5, 0.6) is 0 Å². The minimum absolute atomic E-state index is 0.00926. The number of nitrogens with one attached hydrogen (secondary N) is 5. The highest BCUT2D eigenvalue weighted by Gasteiger charge is 2.52. The topological polar surface area (TPSA) is 218 Å². The summed E-state index contributed by atoms with van der Waals surface area (Å²) in [5.41, 5.74) is -0.00926. The average Bonchev–Trinajstić information content (AvgIpc) is 3.78. The minimum atomic E-state index is -5.31. The van der Waals surface area contributed by atoms with Gasteiger partial charge in [0.25, 0.3) is 5.91 Å². The Morgan fingerprint density at radius 2 is 1.71 bits per heavy atom. The van der Waals surface area contributed by atoms with E-state index in [0.29, 0.717) is 44.9 Å². The van der Waals surface area contributed by atoms with E-state index in [1.807, 2.05) is 0 Å². The van der Waals surface area contributed by atoms with Gasteiger partial charge in [0.1, 0.15) is 29.1 Å². The molecule has 0 bridgehead atoms. The molecule has 318 valence electrons. The zero-order valence-electron chi connectivity index (χ0n) is 32.3. The molecule has 4 aliphatic rings. The number of hydrogen-bond acceptors (Lipinski definition) is 11. The van der Waals surface area contributed by atoms with Gasteiger partial charge in [0.05, 0.1) is 24.3 Å². The van der Waals surface area contributed by atoms with Crippen molar-refractivity contribution in [3.63, 3.8) is 0 Å². The fraction of sp³-hybridized carbons (Fsp3) is 0.658. The Kier molecular flexibility index (Phi) is 15.5. The largest absolute Gasteiger partial charge is 0.492 e. The summed E-state index contributed by atoms with van der Waals surface area (Å²) in [6.45, 7) is 4.96. The molecule has 1 aromatic heterocycles. The van der Waals surface area contributed by atoms with Gasteiger partial charge in [-0.05, 0) is 68.8 Å². The lowest BCUT2D eigenvalue weighted by molar-refractivity contribution is -0.188. The lowest BCUT2D eigenvalue weighted by Crippen LogP contribution is -2.61. The van der Waals surface area contributed by atoms with Crippen LogP contribution >= 0.6 is 12.0 Å². The van der Waals surface area contributed by atoms with Crippen LogP contribution in [0.2, 0.25) is 0 Å². The first kappa shape index (κ1) is 44.4. The predicted molar refractivity (Wildman–Crippen MR) is 203 cm³/mol. The van der Waals surface area contributed by atoms with Crippen LogP contribution in [-0.4, -0.2) is 111 Å². The van der Waals surface area contributed by atoms with Crippen LogP contribution in [0.1, 0.15) is 94.5 Å². The van der Waals surface area contributed by atoms with E-state index < -0.39 is 77.0 Å². The number of amides is 6. The van der Waals surface area contributed by atoms with Gasteiger partial charge in [-0.1, -0.05) is 45.6 Å². The molecule has 1 aliphatic heterocycles. The SMILES string of the molecule is C=CC(=O)NC[C@H](NC(=O)[C@@H](NC(=O)c1cnccn1)C1CCCCC1)C(=O)N1C[C@@H]2CCC[C@@H]2C1C(=O)N[C@@H](CCC)C(SOC(=O)C(F)(F)F)C(=O)NC1CC1. The van der Waals surface area contributed by atoms with Crippen LogP contribution < -0.4 is 26.6 Å². The standard InChI is InChI=1S/C38H51F3N8O8S/c1-3-9-25(31(35(54)45-23-14-15-23)58-57-37(56)38(39,40)41)46-34(53)30-24-13-8-12-22(24)20-49(30)36(55)27(19-44-28(50)4-2)47-33(52)29(21-10-6-5-7-11-21)48-32(51)26-18-42-16-17-43-26/h4,16-18,21-25,27,29-31H,2-3,5-15,19-20H2,1H3,(H,44,50)(H,45,54)(H,46,53)(H,47,52)(H,48,51)/t22-,24-,25-,27-,29-,30?,31?/m0/s1. The number of aromatic nitrogens is 2. The van der Waals surface area contributed by atoms with E-state index in [2.05, 4.69) is 47.3 Å². The fourth-order valence-electron chi connectivity index (χ4n) is 8.13. The normalized spacial score (nSPS) is 22.6. The summed E-state index contributed by atoms with van der Waals surface area (Å²) in [6.07, 6.45) is 7.47. The molecule has 5 rings (SSSR count). The lowest BCUT2D eigenvalue weighted by atomic mass is 9.83. The van der Waals surface area contributed by atoms with E-state index in [1.54, 1.807) is 6.92 Å². The molecule has 6 amide bonds. The first-order chi connectivity index (χ1) is 27.7.